The number of anilines is 1. The highest BCUT2D eigenvalue weighted by atomic mass is 16.5. The van der Waals surface area contributed by atoms with Crippen molar-refractivity contribution in [1.29, 1.82) is 0 Å². The number of aryl methyl sites for hydroxylation is 1. The summed E-state index contributed by atoms with van der Waals surface area (Å²) in [5, 5.41) is 0. The van der Waals surface area contributed by atoms with E-state index >= 15 is 0 Å². The van der Waals surface area contributed by atoms with Crippen LogP contribution in [0.5, 0.6) is 5.75 Å². The number of nitrogens with two attached hydrogens (primary N) is 1. The molecule has 5 nitrogen and oxygen atoms in total. The second-order valence-corrected chi connectivity index (χ2v) is 5.15. The largest absolute Gasteiger partial charge is 0.491 e. The number of ether oxygens (including phenoxy) is 1. The molecular formula is C15H19N3O2. The zero-order valence-electron chi connectivity index (χ0n) is 11.4. The van der Waals surface area contributed by atoms with Crippen LogP contribution in [0, 0.1) is 0 Å². The van der Waals surface area contributed by atoms with Crippen molar-refractivity contribution in [2.45, 2.75) is 31.8 Å². The number of hydrogen-bond acceptors (Lipinski definition) is 3. The molecule has 0 atom stereocenters. The maximum atomic E-state index is 12.0. The van der Waals surface area contributed by atoms with Crippen molar-refractivity contribution in [3.63, 3.8) is 0 Å². The number of imidazole rings is 1. The fourth-order valence-electron chi connectivity index (χ4n) is 2.26. The highest BCUT2D eigenvalue weighted by Crippen LogP contribution is 2.33. The lowest BCUT2D eigenvalue weighted by molar-refractivity contribution is 0.302. The van der Waals surface area contributed by atoms with E-state index in [-0.39, 0.29) is 5.69 Å². The molecule has 0 bridgehead atoms. The molecule has 1 aromatic carbocycles. The molecule has 3 rings (SSSR count). The van der Waals surface area contributed by atoms with Crippen LogP contribution in [0.3, 0.4) is 0 Å². The van der Waals surface area contributed by atoms with E-state index in [4.69, 9.17) is 10.5 Å². The Morgan fingerprint density at radius 3 is 2.80 bits per heavy atom. The second-order valence-electron chi connectivity index (χ2n) is 5.15. The number of hydrogen-bond donors (Lipinski definition) is 1. The van der Waals surface area contributed by atoms with Gasteiger partial charge in [0.15, 0.2) is 0 Å². The smallest absolute Gasteiger partial charge is 0.328 e. The average molecular weight is 273 g/mol. The fourth-order valence-corrected chi connectivity index (χ4v) is 2.26. The monoisotopic (exact) mass is 273 g/mol. The van der Waals surface area contributed by atoms with E-state index in [1.165, 1.54) is 0 Å². The molecule has 20 heavy (non-hydrogen) atoms. The summed E-state index contributed by atoms with van der Waals surface area (Å²) in [7, 11) is 0. The Labute approximate surface area is 117 Å². The molecule has 2 aromatic rings. The van der Waals surface area contributed by atoms with Crippen molar-refractivity contribution in [2.24, 2.45) is 0 Å². The van der Waals surface area contributed by atoms with Crippen LogP contribution in [0.4, 0.5) is 5.69 Å². The lowest BCUT2D eigenvalue weighted by Crippen LogP contribution is -2.24. The lowest BCUT2D eigenvalue weighted by Gasteiger charge is -2.08. The van der Waals surface area contributed by atoms with Gasteiger partial charge >= 0.3 is 5.69 Å². The van der Waals surface area contributed by atoms with E-state index in [9.17, 15) is 4.79 Å². The third-order valence-corrected chi connectivity index (χ3v) is 3.53. The van der Waals surface area contributed by atoms with E-state index < -0.39 is 0 Å². The predicted molar refractivity (Wildman–Crippen MR) is 77.9 cm³/mol. The number of benzene rings is 1. The number of aromatic nitrogens is 2. The van der Waals surface area contributed by atoms with Gasteiger partial charge < -0.3 is 10.5 Å². The lowest BCUT2D eigenvalue weighted by atomic mass is 10.3. The third kappa shape index (κ3) is 2.71. The highest BCUT2D eigenvalue weighted by molar-refractivity contribution is 5.51. The molecule has 1 fully saturated rings. The molecule has 106 valence electrons. The van der Waals surface area contributed by atoms with Gasteiger partial charge in [-0.1, -0.05) is 12.1 Å². The Kier molecular flexibility index (Phi) is 3.50. The van der Waals surface area contributed by atoms with Crippen LogP contribution in [-0.2, 0) is 6.54 Å². The van der Waals surface area contributed by atoms with Gasteiger partial charge in [-0.15, -0.1) is 0 Å². The minimum absolute atomic E-state index is 0.0896. The van der Waals surface area contributed by atoms with E-state index in [0.717, 1.165) is 19.3 Å². The van der Waals surface area contributed by atoms with Crippen LogP contribution in [0.1, 0.15) is 25.3 Å². The number of nitrogen functional groups attached to an aromatic ring is 1. The van der Waals surface area contributed by atoms with Crippen molar-refractivity contribution in [3.8, 4) is 5.75 Å². The highest BCUT2D eigenvalue weighted by Gasteiger charge is 2.25. The number of rotatable bonds is 6. The summed E-state index contributed by atoms with van der Waals surface area (Å²) in [6.45, 7) is 1.22. The Balaban J connectivity index is 1.51. The minimum atomic E-state index is 0.0896. The van der Waals surface area contributed by atoms with Gasteiger partial charge in [-0.2, -0.15) is 0 Å². The van der Waals surface area contributed by atoms with Gasteiger partial charge in [-0.25, -0.2) is 4.79 Å². The Bertz CT molecular complexity index is 641. The maximum absolute atomic E-state index is 12.0. The fraction of sp³-hybridized carbons (Fsp3) is 0.400. The SMILES string of the molecule is Nc1ccccc1OCCCn1ccn(C2CC2)c1=O. The Morgan fingerprint density at radius 1 is 1.25 bits per heavy atom. The summed E-state index contributed by atoms with van der Waals surface area (Å²) < 4.78 is 9.19. The van der Waals surface area contributed by atoms with Crippen LogP contribution in [0.15, 0.2) is 41.5 Å². The van der Waals surface area contributed by atoms with Gasteiger partial charge in [0, 0.05) is 25.0 Å². The van der Waals surface area contributed by atoms with Crippen molar-refractivity contribution in [3.05, 3.63) is 47.1 Å². The Hall–Kier alpha value is -2.17. The zero-order valence-corrected chi connectivity index (χ0v) is 11.4. The summed E-state index contributed by atoms with van der Waals surface area (Å²) in [6, 6.07) is 7.87. The topological polar surface area (TPSA) is 62.2 Å². The Morgan fingerprint density at radius 2 is 2.05 bits per heavy atom. The second kappa shape index (κ2) is 5.45. The summed E-state index contributed by atoms with van der Waals surface area (Å²) in [5.74, 6) is 0.704. The van der Waals surface area contributed by atoms with E-state index in [2.05, 4.69) is 0 Å². The molecule has 1 aliphatic carbocycles. The molecule has 0 aliphatic heterocycles. The molecule has 2 N–H and O–H groups in total. The summed E-state index contributed by atoms with van der Waals surface area (Å²) in [6.07, 6.45) is 6.77. The normalized spacial score (nSPS) is 14.4. The average Bonchev–Trinajstić information content (AvgIpc) is 3.22. The van der Waals surface area contributed by atoms with Crippen molar-refractivity contribution < 1.29 is 4.74 Å². The minimum Gasteiger partial charge on any atom is -0.491 e. The number of nitrogens with zero attached hydrogens (tertiary/aromatic N) is 2. The van der Waals surface area contributed by atoms with Gasteiger partial charge in [0.25, 0.3) is 0 Å². The van der Waals surface area contributed by atoms with E-state index in [0.29, 0.717) is 30.6 Å². The molecule has 0 radical (unpaired) electrons. The first-order valence-corrected chi connectivity index (χ1v) is 7.00. The summed E-state index contributed by atoms with van der Waals surface area (Å²) >= 11 is 0. The summed E-state index contributed by atoms with van der Waals surface area (Å²) in [4.78, 5) is 12.0. The predicted octanol–water partition coefficient (Wildman–Crippen LogP) is 2.04. The quantitative estimate of drug-likeness (QED) is 0.647. The van der Waals surface area contributed by atoms with Gasteiger partial charge in [-0.05, 0) is 31.4 Å². The van der Waals surface area contributed by atoms with Gasteiger partial charge in [-0.3, -0.25) is 9.13 Å². The third-order valence-electron chi connectivity index (χ3n) is 3.53. The van der Waals surface area contributed by atoms with Gasteiger partial charge in [0.05, 0.1) is 12.3 Å². The summed E-state index contributed by atoms with van der Waals surface area (Å²) in [5.41, 5.74) is 6.53. The van der Waals surface area contributed by atoms with Crippen molar-refractivity contribution in [1.82, 2.24) is 9.13 Å². The van der Waals surface area contributed by atoms with E-state index in [1.807, 2.05) is 41.2 Å². The molecule has 1 heterocycles. The van der Waals surface area contributed by atoms with Crippen LogP contribution < -0.4 is 16.2 Å². The van der Waals surface area contributed by atoms with Crippen LogP contribution in [-0.4, -0.2) is 15.7 Å². The standard InChI is InChI=1S/C15H19N3O2/c16-13-4-1-2-5-14(13)20-11-3-8-17-9-10-18(15(17)19)12-6-7-12/h1-2,4-5,9-10,12H,3,6-8,11,16H2. The molecule has 1 aromatic heterocycles. The molecule has 0 saturated heterocycles. The first-order valence-electron chi connectivity index (χ1n) is 7.00. The van der Waals surface area contributed by atoms with Crippen LogP contribution in [0.25, 0.3) is 0 Å². The van der Waals surface area contributed by atoms with Gasteiger partial charge in [0.1, 0.15) is 5.75 Å². The molecule has 0 unspecified atom stereocenters. The molecule has 0 amide bonds. The van der Waals surface area contributed by atoms with Crippen LogP contribution >= 0.6 is 0 Å². The van der Waals surface area contributed by atoms with Crippen LogP contribution in [0.2, 0.25) is 0 Å². The first kappa shape index (κ1) is 12.8. The molecule has 1 aliphatic rings. The number of para-hydroxylation sites is 2. The molecular weight excluding hydrogens is 254 g/mol. The zero-order chi connectivity index (χ0) is 13.9. The van der Waals surface area contributed by atoms with Crippen molar-refractivity contribution in [2.75, 3.05) is 12.3 Å². The van der Waals surface area contributed by atoms with E-state index in [1.54, 1.807) is 4.57 Å². The molecule has 1 saturated carbocycles. The molecule has 5 heteroatoms. The molecule has 0 spiro atoms. The van der Waals surface area contributed by atoms with Gasteiger partial charge in [0.2, 0.25) is 0 Å². The first-order chi connectivity index (χ1) is 9.75. The van der Waals surface area contributed by atoms with Crippen molar-refractivity contribution >= 4 is 5.69 Å². The maximum Gasteiger partial charge on any atom is 0.328 e.